The van der Waals surface area contributed by atoms with E-state index in [9.17, 15) is 14.5 Å². The summed E-state index contributed by atoms with van der Waals surface area (Å²) in [5, 5.41) is 11.0. The van der Waals surface area contributed by atoms with Crippen molar-refractivity contribution in [3.8, 4) is 17.0 Å². The molecule has 0 aliphatic heterocycles. The van der Waals surface area contributed by atoms with Crippen LogP contribution in [0.15, 0.2) is 67.0 Å². The van der Waals surface area contributed by atoms with Crippen molar-refractivity contribution in [2.75, 3.05) is 13.3 Å². The van der Waals surface area contributed by atoms with Gasteiger partial charge in [-0.15, -0.1) is 0 Å². The van der Waals surface area contributed by atoms with Gasteiger partial charge in [0.15, 0.2) is 0 Å². The quantitative estimate of drug-likeness (QED) is 0.219. The number of nitro benzene ring substituents is 1. The third kappa shape index (κ3) is 4.61. The van der Waals surface area contributed by atoms with Gasteiger partial charge in [0.2, 0.25) is 0 Å². The van der Waals surface area contributed by atoms with Crippen LogP contribution in [0, 0.1) is 17.0 Å². The number of halogens is 1. The Labute approximate surface area is 178 Å². The van der Waals surface area contributed by atoms with Crippen LogP contribution in [0.3, 0.4) is 0 Å². The summed E-state index contributed by atoms with van der Waals surface area (Å²) in [4.78, 5) is 15.1. The number of pyridine rings is 1. The number of ether oxygens (including phenoxy) is 1. The molecule has 0 spiro atoms. The van der Waals surface area contributed by atoms with Crippen LogP contribution in [-0.4, -0.2) is 27.6 Å². The van der Waals surface area contributed by atoms with Crippen molar-refractivity contribution >= 4 is 23.5 Å². The average Bonchev–Trinajstić information content (AvgIpc) is 3.20. The number of rotatable bonds is 7. The van der Waals surface area contributed by atoms with Crippen LogP contribution in [0.4, 0.5) is 10.1 Å². The molecule has 0 aliphatic carbocycles. The maximum atomic E-state index is 12.5. The zero-order valence-electron chi connectivity index (χ0n) is 16.9. The number of nitro groups is 1. The van der Waals surface area contributed by atoms with Crippen LogP contribution in [-0.2, 0) is 0 Å². The molecule has 0 unspecified atom stereocenters. The van der Waals surface area contributed by atoms with E-state index >= 15 is 0 Å². The molecular weight excluding hydrogens is 397 g/mol. The molecule has 0 fully saturated rings. The predicted octanol–water partition coefficient (Wildman–Crippen LogP) is 5.74. The van der Waals surface area contributed by atoms with E-state index in [4.69, 9.17) is 4.74 Å². The van der Waals surface area contributed by atoms with Gasteiger partial charge in [-0.3, -0.25) is 10.1 Å². The lowest BCUT2D eigenvalue weighted by Gasteiger charge is -2.07. The molecule has 2 aromatic carbocycles. The van der Waals surface area contributed by atoms with Gasteiger partial charge in [0.1, 0.15) is 24.7 Å². The summed E-state index contributed by atoms with van der Waals surface area (Å²) in [6.45, 7) is 1.21. The third-order valence-electron chi connectivity index (χ3n) is 4.80. The Morgan fingerprint density at radius 2 is 1.90 bits per heavy atom. The fourth-order valence-electron chi connectivity index (χ4n) is 3.24. The molecule has 0 bridgehead atoms. The number of aryl methyl sites for hydroxylation is 1. The summed E-state index contributed by atoms with van der Waals surface area (Å²) in [5.74, 6) is 0.278. The molecule has 0 atom stereocenters. The third-order valence-corrected chi connectivity index (χ3v) is 4.80. The highest BCUT2D eigenvalue weighted by Crippen LogP contribution is 2.27. The van der Waals surface area contributed by atoms with E-state index in [-0.39, 0.29) is 18.0 Å². The molecule has 0 N–H and O–H groups in total. The molecule has 0 radical (unpaired) electrons. The smallest absolute Gasteiger partial charge is 0.273 e. The number of benzene rings is 2. The number of fused-ring (bicyclic) bond motifs is 1. The van der Waals surface area contributed by atoms with E-state index in [1.165, 1.54) is 12.1 Å². The molecule has 6 nitrogen and oxygen atoms in total. The summed E-state index contributed by atoms with van der Waals surface area (Å²) in [5.41, 5.74) is 5.43. The van der Waals surface area contributed by atoms with Gasteiger partial charge in [-0.05, 0) is 30.2 Å². The van der Waals surface area contributed by atoms with E-state index in [1.807, 2.05) is 66.2 Å². The second kappa shape index (κ2) is 8.79. The predicted molar refractivity (Wildman–Crippen MR) is 119 cm³/mol. The largest absolute Gasteiger partial charge is 0.490 e. The number of hydrogen-bond acceptors (Lipinski definition) is 4. The van der Waals surface area contributed by atoms with Crippen LogP contribution < -0.4 is 4.74 Å². The molecule has 7 heteroatoms. The van der Waals surface area contributed by atoms with E-state index in [0.717, 1.165) is 28.0 Å². The topological polar surface area (TPSA) is 69.7 Å². The summed E-state index contributed by atoms with van der Waals surface area (Å²) in [6, 6.07) is 16.2. The molecule has 0 aliphatic rings. The molecule has 31 heavy (non-hydrogen) atoms. The highest BCUT2D eigenvalue weighted by Gasteiger charge is 2.11. The molecule has 156 valence electrons. The van der Waals surface area contributed by atoms with E-state index in [1.54, 1.807) is 12.1 Å². The van der Waals surface area contributed by atoms with Crippen LogP contribution in [0.5, 0.6) is 5.75 Å². The summed E-state index contributed by atoms with van der Waals surface area (Å²) < 4.78 is 19.8. The molecule has 0 amide bonds. The van der Waals surface area contributed by atoms with Gasteiger partial charge >= 0.3 is 0 Å². The number of aromatic nitrogens is 2. The van der Waals surface area contributed by atoms with Crippen molar-refractivity contribution in [3.63, 3.8) is 0 Å². The molecule has 0 saturated carbocycles. The van der Waals surface area contributed by atoms with Gasteiger partial charge in [-0.25, -0.2) is 9.37 Å². The molecule has 4 aromatic rings. The number of non-ortho nitro benzene ring substituents is 1. The fraction of sp³-hybridized carbons (Fsp3) is 0.125. The number of nitrogens with zero attached hydrogens (tertiary/aromatic N) is 3. The molecular formula is C24H20FN3O3. The average molecular weight is 417 g/mol. The van der Waals surface area contributed by atoms with Crippen LogP contribution in [0.2, 0.25) is 0 Å². The van der Waals surface area contributed by atoms with E-state index in [0.29, 0.717) is 5.56 Å². The number of alkyl halides is 1. The first-order chi connectivity index (χ1) is 15.0. The maximum absolute atomic E-state index is 12.5. The SMILES string of the molecule is Cc1ccc2nc(-c3ccc(/C=C/c4ccc([N+](=O)[O-])cc4OCCF)cc3)cn2c1. The zero-order chi connectivity index (χ0) is 21.8. The Kier molecular flexibility index (Phi) is 5.75. The second-order valence-electron chi connectivity index (χ2n) is 7.07. The molecule has 2 heterocycles. The minimum absolute atomic E-state index is 0.0991. The van der Waals surface area contributed by atoms with Crippen molar-refractivity contribution in [3.05, 3.63) is 93.8 Å². The number of hydrogen-bond donors (Lipinski definition) is 0. The Balaban J connectivity index is 1.56. The fourth-order valence-corrected chi connectivity index (χ4v) is 3.24. The first-order valence-electron chi connectivity index (χ1n) is 9.74. The summed E-state index contributed by atoms with van der Waals surface area (Å²) in [6.07, 6.45) is 7.70. The van der Waals surface area contributed by atoms with Gasteiger partial charge in [0.25, 0.3) is 5.69 Å². The highest BCUT2D eigenvalue weighted by molar-refractivity contribution is 5.74. The van der Waals surface area contributed by atoms with Crippen LogP contribution in [0.1, 0.15) is 16.7 Å². The lowest BCUT2D eigenvalue weighted by atomic mass is 10.1. The lowest BCUT2D eigenvalue weighted by Crippen LogP contribution is -2.01. The maximum Gasteiger partial charge on any atom is 0.273 e. The van der Waals surface area contributed by atoms with Crippen LogP contribution >= 0.6 is 0 Å². The summed E-state index contributed by atoms with van der Waals surface area (Å²) >= 11 is 0. The van der Waals surface area contributed by atoms with Crippen molar-refractivity contribution in [1.82, 2.24) is 9.38 Å². The molecule has 2 aromatic heterocycles. The Hall–Kier alpha value is -4.00. The number of imidazole rings is 1. The van der Waals surface area contributed by atoms with Gasteiger partial charge in [-0.1, -0.05) is 42.5 Å². The normalized spacial score (nSPS) is 11.3. The van der Waals surface area contributed by atoms with E-state index < -0.39 is 11.6 Å². The second-order valence-corrected chi connectivity index (χ2v) is 7.07. The van der Waals surface area contributed by atoms with E-state index in [2.05, 4.69) is 4.98 Å². The van der Waals surface area contributed by atoms with Gasteiger partial charge in [0.05, 0.1) is 16.7 Å². The Bertz CT molecular complexity index is 1260. The first-order valence-corrected chi connectivity index (χ1v) is 9.74. The Morgan fingerprint density at radius 3 is 2.65 bits per heavy atom. The van der Waals surface area contributed by atoms with Gasteiger partial charge < -0.3 is 9.14 Å². The monoisotopic (exact) mass is 417 g/mol. The minimum Gasteiger partial charge on any atom is -0.490 e. The standard InChI is InChI=1S/C24H20FN3O3/c1-17-2-11-24-26-22(16-27(24)15-17)19-6-3-18(4-7-19)5-8-20-9-10-21(28(29)30)14-23(20)31-13-12-25/h2-11,14-16H,12-13H2,1H3/b8-5+. The van der Waals surface area contributed by atoms with Crippen molar-refractivity contribution in [2.45, 2.75) is 6.92 Å². The first kappa shape index (κ1) is 20.3. The summed E-state index contributed by atoms with van der Waals surface area (Å²) in [7, 11) is 0. The Morgan fingerprint density at radius 1 is 1.10 bits per heavy atom. The zero-order valence-corrected chi connectivity index (χ0v) is 16.9. The molecule has 0 saturated heterocycles. The van der Waals surface area contributed by atoms with Crippen molar-refractivity contribution in [2.24, 2.45) is 0 Å². The van der Waals surface area contributed by atoms with Gasteiger partial charge in [0, 0.05) is 29.6 Å². The minimum atomic E-state index is -0.671. The van der Waals surface area contributed by atoms with Crippen molar-refractivity contribution < 1.29 is 14.1 Å². The van der Waals surface area contributed by atoms with Crippen molar-refractivity contribution in [1.29, 1.82) is 0 Å². The molecule has 4 rings (SSSR count). The lowest BCUT2D eigenvalue weighted by molar-refractivity contribution is -0.384. The van der Waals surface area contributed by atoms with Gasteiger partial charge in [-0.2, -0.15) is 0 Å². The van der Waals surface area contributed by atoms with Crippen LogP contribution in [0.25, 0.3) is 29.1 Å². The highest BCUT2D eigenvalue weighted by atomic mass is 19.1.